The van der Waals surface area contributed by atoms with Gasteiger partial charge in [0.25, 0.3) is 11.6 Å². The molecule has 0 aromatic heterocycles. The van der Waals surface area contributed by atoms with Crippen molar-refractivity contribution in [2.24, 2.45) is 0 Å². The van der Waals surface area contributed by atoms with E-state index in [1.807, 2.05) is 0 Å². The first-order chi connectivity index (χ1) is 9.66. The molecule has 0 aliphatic carbocycles. The summed E-state index contributed by atoms with van der Waals surface area (Å²) >= 11 is 1.21. The van der Waals surface area contributed by atoms with E-state index in [0.29, 0.717) is 4.90 Å². The molecule has 0 fully saturated rings. The number of carbonyl (C=O) groups is 2. The lowest BCUT2D eigenvalue weighted by atomic mass is 10.00. The lowest BCUT2D eigenvalue weighted by Gasteiger charge is -2.24. The summed E-state index contributed by atoms with van der Waals surface area (Å²) in [7, 11) is 0. The lowest BCUT2D eigenvalue weighted by Crippen LogP contribution is -2.44. The number of carbonyl (C=O) groups excluding carboxylic acids is 1. The molecule has 8 heteroatoms. The van der Waals surface area contributed by atoms with Gasteiger partial charge in [-0.1, -0.05) is 0 Å². The molecular formula is C13H16N2O5S. The van der Waals surface area contributed by atoms with E-state index < -0.39 is 22.3 Å². The van der Waals surface area contributed by atoms with Crippen molar-refractivity contribution in [2.75, 3.05) is 6.26 Å². The zero-order chi connectivity index (χ0) is 16.2. The SMILES string of the molecule is CSc1ccc(C(=O)NC(C)(C)CC(=O)O)cc1[N+](=O)[O-]. The Bertz CT molecular complexity index is 586. The van der Waals surface area contributed by atoms with Crippen molar-refractivity contribution in [3.8, 4) is 0 Å². The van der Waals surface area contributed by atoms with E-state index in [9.17, 15) is 19.7 Å². The Labute approximate surface area is 125 Å². The highest BCUT2D eigenvalue weighted by atomic mass is 32.2. The van der Waals surface area contributed by atoms with Gasteiger partial charge in [-0.3, -0.25) is 19.7 Å². The minimum absolute atomic E-state index is 0.123. The molecule has 0 aliphatic heterocycles. The van der Waals surface area contributed by atoms with Gasteiger partial charge in [0.1, 0.15) is 0 Å². The van der Waals surface area contributed by atoms with E-state index in [2.05, 4.69) is 5.32 Å². The van der Waals surface area contributed by atoms with Crippen molar-refractivity contribution < 1.29 is 19.6 Å². The van der Waals surface area contributed by atoms with Crippen LogP contribution >= 0.6 is 11.8 Å². The number of carboxylic acid groups (broad SMARTS) is 1. The quantitative estimate of drug-likeness (QED) is 0.474. The van der Waals surface area contributed by atoms with E-state index in [4.69, 9.17) is 5.11 Å². The van der Waals surface area contributed by atoms with Gasteiger partial charge in [-0.25, -0.2) is 0 Å². The van der Waals surface area contributed by atoms with Crippen LogP contribution < -0.4 is 5.32 Å². The van der Waals surface area contributed by atoms with Crippen LogP contribution in [0.5, 0.6) is 0 Å². The zero-order valence-electron chi connectivity index (χ0n) is 11.9. The number of nitrogens with one attached hydrogen (secondary N) is 1. The Morgan fingerprint density at radius 1 is 1.43 bits per heavy atom. The zero-order valence-corrected chi connectivity index (χ0v) is 12.7. The summed E-state index contributed by atoms with van der Waals surface area (Å²) in [6.45, 7) is 3.15. The molecule has 0 radical (unpaired) electrons. The van der Waals surface area contributed by atoms with Gasteiger partial charge in [0, 0.05) is 17.2 Å². The number of amides is 1. The molecule has 114 valence electrons. The number of thioether (sulfide) groups is 1. The van der Waals surface area contributed by atoms with Crippen LogP contribution in [0.25, 0.3) is 0 Å². The number of nitrogens with zero attached hydrogens (tertiary/aromatic N) is 1. The van der Waals surface area contributed by atoms with Gasteiger partial charge in [0.05, 0.1) is 16.2 Å². The van der Waals surface area contributed by atoms with Crippen LogP contribution in [0.15, 0.2) is 23.1 Å². The molecule has 1 aromatic rings. The first kappa shape index (κ1) is 17.0. The minimum atomic E-state index is -1.04. The molecule has 0 atom stereocenters. The Kier molecular flexibility index (Phi) is 5.31. The van der Waals surface area contributed by atoms with Gasteiger partial charge >= 0.3 is 5.97 Å². The molecule has 0 saturated carbocycles. The second-order valence-electron chi connectivity index (χ2n) is 5.05. The fourth-order valence-electron chi connectivity index (χ4n) is 1.78. The molecule has 7 nitrogen and oxygen atoms in total. The second kappa shape index (κ2) is 6.57. The monoisotopic (exact) mass is 312 g/mol. The highest BCUT2D eigenvalue weighted by molar-refractivity contribution is 7.98. The first-order valence-corrected chi connectivity index (χ1v) is 7.25. The van der Waals surface area contributed by atoms with Gasteiger partial charge in [0.2, 0.25) is 0 Å². The van der Waals surface area contributed by atoms with Crippen LogP contribution in [0.1, 0.15) is 30.6 Å². The number of aliphatic carboxylic acids is 1. The van der Waals surface area contributed by atoms with Crippen LogP contribution in [0.3, 0.4) is 0 Å². The van der Waals surface area contributed by atoms with Gasteiger partial charge in [-0.2, -0.15) is 0 Å². The third-order valence-electron chi connectivity index (χ3n) is 2.68. The van der Waals surface area contributed by atoms with Crippen molar-refractivity contribution >= 4 is 29.3 Å². The molecule has 0 bridgehead atoms. The molecule has 0 heterocycles. The highest BCUT2D eigenvalue weighted by Crippen LogP contribution is 2.28. The maximum atomic E-state index is 12.1. The van der Waals surface area contributed by atoms with Gasteiger partial charge in [0.15, 0.2) is 0 Å². The maximum absolute atomic E-state index is 12.1. The first-order valence-electron chi connectivity index (χ1n) is 6.03. The minimum Gasteiger partial charge on any atom is -0.481 e. The average Bonchev–Trinajstić information content (AvgIpc) is 2.35. The van der Waals surface area contributed by atoms with Crippen molar-refractivity contribution in [1.29, 1.82) is 0 Å². The van der Waals surface area contributed by atoms with E-state index in [1.165, 1.54) is 30.0 Å². The Morgan fingerprint density at radius 2 is 2.05 bits per heavy atom. The predicted octanol–water partition coefficient (Wildman–Crippen LogP) is 2.30. The Hall–Kier alpha value is -2.09. The van der Waals surface area contributed by atoms with Crippen molar-refractivity contribution in [3.05, 3.63) is 33.9 Å². The molecule has 0 unspecified atom stereocenters. The molecule has 1 rings (SSSR count). The van der Waals surface area contributed by atoms with Crippen LogP contribution in [0, 0.1) is 10.1 Å². The smallest absolute Gasteiger partial charge is 0.305 e. The van der Waals surface area contributed by atoms with Crippen LogP contribution in [-0.4, -0.2) is 33.7 Å². The fraction of sp³-hybridized carbons (Fsp3) is 0.385. The van der Waals surface area contributed by atoms with Gasteiger partial charge < -0.3 is 10.4 Å². The summed E-state index contributed by atoms with van der Waals surface area (Å²) in [4.78, 5) is 33.7. The number of rotatable bonds is 6. The van der Waals surface area contributed by atoms with Gasteiger partial charge in [-0.05, 0) is 32.2 Å². The average molecular weight is 312 g/mol. The molecule has 0 saturated heterocycles. The number of hydrogen-bond donors (Lipinski definition) is 2. The van der Waals surface area contributed by atoms with E-state index in [-0.39, 0.29) is 17.7 Å². The summed E-state index contributed by atoms with van der Waals surface area (Å²) in [5, 5.41) is 22.3. The van der Waals surface area contributed by atoms with E-state index in [0.717, 1.165) is 0 Å². The third-order valence-corrected chi connectivity index (χ3v) is 3.47. The van der Waals surface area contributed by atoms with E-state index >= 15 is 0 Å². The number of benzene rings is 1. The molecule has 1 amide bonds. The molecule has 1 aromatic carbocycles. The van der Waals surface area contributed by atoms with Crippen molar-refractivity contribution in [2.45, 2.75) is 30.7 Å². The molecule has 0 spiro atoms. The lowest BCUT2D eigenvalue weighted by molar-refractivity contribution is -0.387. The summed E-state index contributed by atoms with van der Waals surface area (Å²) in [5.41, 5.74) is -0.972. The number of carboxylic acids is 1. The number of nitro benzene ring substituents is 1. The summed E-state index contributed by atoms with van der Waals surface area (Å²) in [5.74, 6) is -1.58. The highest BCUT2D eigenvalue weighted by Gasteiger charge is 2.25. The predicted molar refractivity (Wildman–Crippen MR) is 78.7 cm³/mol. The van der Waals surface area contributed by atoms with Gasteiger partial charge in [-0.15, -0.1) is 11.8 Å². The normalized spacial score (nSPS) is 11.0. The van der Waals surface area contributed by atoms with Crippen LogP contribution in [0.2, 0.25) is 0 Å². The molecular weight excluding hydrogens is 296 g/mol. The Balaban J connectivity index is 3.01. The second-order valence-corrected chi connectivity index (χ2v) is 5.90. The van der Waals surface area contributed by atoms with Crippen molar-refractivity contribution in [1.82, 2.24) is 5.32 Å². The third kappa shape index (κ3) is 4.75. The molecule has 21 heavy (non-hydrogen) atoms. The Morgan fingerprint density at radius 3 is 2.52 bits per heavy atom. The van der Waals surface area contributed by atoms with Crippen molar-refractivity contribution in [3.63, 3.8) is 0 Å². The molecule has 2 N–H and O–H groups in total. The topological polar surface area (TPSA) is 110 Å². The number of nitro groups is 1. The standard InChI is InChI=1S/C13H16N2O5S/c1-13(2,7-11(16)17)14-12(18)8-4-5-10(21-3)9(6-8)15(19)20/h4-6H,7H2,1-3H3,(H,14,18)(H,16,17). The largest absolute Gasteiger partial charge is 0.481 e. The summed E-state index contributed by atoms with van der Waals surface area (Å²) in [6.07, 6.45) is 1.46. The van der Waals surface area contributed by atoms with Crippen LogP contribution in [-0.2, 0) is 4.79 Å². The summed E-state index contributed by atoms with van der Waals surface area (Å²) < 4.78 is 0. The van der Waals surface area contributed by atoms with E-state index in [1.54, 1.807) is 20.1 Å². The molecule has 0 aliphatic rings. The number of hydrogen-bond acceptors (Lipinski definition) is 5. The summed E-state index contributed by atoms with van der Waals surface area (Å²) in [6, 6.07) is 4.17. The fourth-order valence-corrected chi connectivity index (χ4v) is 2.32. The maximum Gasteiger partial charge on any atom is 0.305 e. The van der Waals surface area contributed by atoms with Crippen LogP contribution in [0.4, 0.5) is 5.69 Å².